The van der Waals surface area contributed by atoms with Crippen LogP contribution in [-0.4, -0.2) is 52.6 Å². The van der Waals surface area contributed by atoms with Gasteiger partial charge in [0.05, 0.1) is 6.61 Å². The second-order valence-corrected chi connectivity index (χ2v) is 9.38. The Kier molecular flexibility index (Phi) is 6.65. The summed E-state index contributed by atoms with van der Waals surface area (Å²) < 4.78 is 39.5. The van der Waals surface area contributed by atoms with Crippen LogP contribution in [0, 0.1) is 20.8 Å². The lowest BCUT2D eigenvalue weighted by Gasteiger charge is -2.19. The molecule has 1 aliphatic heterocycles. The highest BCUT2D eigenvalue weighted by atomic mass is 32.2. The van der Waals surface area contributed by atoms with Crippen molar-refractivity contribution in [3.05, 3.63) is 28.5 Å². The highest BCUT2D eigenvalue weighted by Gasteiger charge is 2.29. The lowest BCUT2D eigenvalue weighted by Crippen LogP contribution is -2.31. The Hall–Kier alpha value is -1.90. The standard InChI is InChI=1S/C21H30N2O5S/c1-14-13-17-16(3)18(21(24)23-10-7-5-6-8-11-23)28-19(17)20(15(14)2)29(25,26)22-9-12-27-4/h13,22H,5-12H2,1-4H3. The smallest absolute Gasteiger partial charge is 0.289 e. The Morgan fingerprint density at radius 3 is 2.41 bits per heavy atom. The van der Waals surface area contributed by atoms with Gasteiger partial charge >= 0.3 is 0 Å². The minimum Gasteiger partial charge on any atom is -0.449 e. The van der Waals surface area contributed by atoms with E-state index in [1.807, 2.05) is 24.8 Å². The van der Waals surface area contributed by atoms with Gasteiger partial charge in [-0.1, -0.05) is 12.8 Å². The number of aryl methyl sites for hydroxylation is 2. The van der Waals surface area contributed by atoms with E-state index in [1.165, 1.54) is 7.11 Å². The normalized spacial score (nSPS) is 15.7. The van der Waals surface area contributed by atoms with E-state index in [1.54, 1.807) is 6.92 Å². The van der Waals surface area contributed by atoms with Crippen molar-refractivity contribution in [2.45, 2.75) is 51.3 Å². The minimum atomic E-state index is -3.82. The van der Waals surface area contributed by atoms with Crippen LogP contribution in [0.1, 0.15) is 52.9 Å². The van der Waals surface area contributed by atoms with Gasteiger partial charge in [0, 0.05) is 37.7 Å². The van der Waals surface area contributed by atoms with Crippen LogP contribution in [-0.2, 0) is 14.8 Å². The van der Waals surface area contributed by atoms with E-state index in [0.29, 0.717) is 29.6 Å². The number of likely N-dealkylation sites (tertiary alicyclic amines) is 1. The van der Waals surface area contributed by atoms with E-state index < -0.39 is 10.0 Å². The third-order valence-corrected chi connectivity index (χ3v) is 7.26. The molecule has 3 rings (SSSR count). The van der Waals surface area contributed by atoms with Crippen molar-refractivity contribution < 1.29 is 22.4 Å². The molecular weight excluding hydrogens is 392 g/mol. The molecule has 0 bridgehead atoms. The highest BCUT2D eigenvalue weighted by Crippen LogP contribution is 2.35. The van der Waals surface area contributed by atoms with Gasteiger partial charge in [0.25, 0.3) is 5.91 Å². The van der Waals surface area contributed by atoms with E-state index in [-0.39, 0.29) is 35.3 Å². The number of furan rings is 1. The average Bonchev–Trinajstić information content (AvgIpc) is 2.87. The molecule has 1 aromatic carbocycles. The van der Waals surface area contributed by atoms with Gasteiger partial charge in [0.2, 0.25) is 10.0 Å². The van der Waals surface area contributed by atoms with Crippen LogP contribution >= 0.6 is 0 Å². The number of nitrogens with zero attached hydrogens (tertiary/aromatic N) is 1. The Balaban J connectivity index is 2.10. The van der Waals surface area contributed by atoms with Crippen molar-refractivity contribution >= 4 is 26.9 Å². The van der Waals surface area contributed by atoms with Crippen molar-refractivity contribution in [1.29, 1.82) is 0 Å². The summed E-state index contributed by atoms with van der Waals surface area (Å²) >= 11 is 0. The van der Waals surface area contributed by atoms with Crippen molar-refractivity contribution in [1.82, 2.24) is 9.62 Å². The van der Waals surface area contributed by atoms with Gasteiger partial charge in [-0.3, -0.25) is 4.79 Å². The molecule has 7 nitrogen and oxygen atoms in total. The number of amides is 1. The molecule has 160 valence electrons. The molecule has 0 atom stereocenters. The van der Waals surface area contributed by atoms with Crippen molar-refractivity contribution in [2.24, 2.45) is 0 Å². The molecule has 0 unspecified atom stereocenters. The van der Waals surface area contributed by atoms with Crippen molar-refractivity contribution in [3.8, 4) is 0 Å². The van der Waals surface area contributed by atoms with Crippen LogP contribution in [0.25, 0.3) is 11.0 Å². The van der Waals surface area contributed by atoms with Crippen LogP contribution in [0.5, 0.6) is 0 Å². The predicted molar refractivity (Wildman–Crippen MR) is 112 cm³/mol. The van der Waals surface area contributed by atoms with Gasteiger partial charge in [0.1, 0.15) is 4.90 Å². The monoisotopic (exact) mass is 422 g/mol. The summed E-state index contributed by atoms with van der Waals surface area (Å²) in [6, 6.07) is 1.90. The van der Waals surface area contributed by atoms with Gasteiger partial charge < -0.3 is 14.1 Å². The topological polar surface area (TPSA) is 88.8 Å². The molecule has 1 saturated heterocycles. The molecular formula is C21H30N2O5S. The van der Waals surface area contributed by atoms with E-state index in [2.05, 4.69) is 4.72 Å². The lowest BCUT2D eigenvalue weighted by atomic mass is 10.0. The van der Waals surface area contributed by atoms with Gasteiger partial charge in [-0.25, -0.2) is 13.1 Å². The summed E-state index contributed by atoms with van der Waals surface area (Å²) in [6.07, 6.45) is 4.20. The quantitative estimate of drug-likeness (QED) is 0.722. The molecule has 1 aliphatic rings. The number of sulfonamides is 1. The van der Waals surface area contributed by atoms with E-state index in [9.17, 15) is 13.2 Å². The molecule has 0 radical (unpaired) electrons. The summed E-state index contributed by atoms with van der Waals surface area (Å²) in [5.74, 6) is 0.0758. The summed E-state index contributed by atoms with van der Waals surface area (Å²) in [7, 11) is -2.31. The number of carbonyl (C=O) groups is 1. The van der Waals surface area contributed by atoms with Crippen molar-refractivity contribution in [3.63, 3.8) is 0 Å². The lowest BCUT2D eigenvalue weighted by molar-refractivity contribution is 0.0731. The van der Waals surface area contributed by atoms with Gasteiger partial charge in [-0.05, 0) is 50.8 Å². The molecule has 2 aromatic rings. The fraction of sp³-hybridized carbons (Fsp3) is 0.571. The number of ether oxygens (including phenoxy) is 1. The fourth-order valence-electron chi connectivity index (χ4n) is 3.84. The molecule has 1 fully saturated rings. The highest BCUT2D eigenvalue weighted by molar-refractivity contribution is 7.89. The molecule has 0 aliphatic carbocycles. The number of carbonyl (C=O) groups excluding carboxylic acids is 1. The first-order chi connectivity index (χ1) is 13.8. The number of rotatable bonds is 6. The van der Waals surface area contributed by atoms with E-state index in [0.717, 1.165) is 31.2 Å². The third kappa shape index (κ3) is 4.34. The summed E-state index contributed by atoms with van der Waals surface area (Å²) in [5.41, 5.74) is 2.38. The molecule has 1 N–H and O–H groups in total. The second kappa shape index (κ2) is 8.85. The van der Waals surface area contributed by atoms with Crippen LogP contribution in [0.3, 0.4) is 0 Å². The number of fused-ring (bicyclic) bond motifs is 1. The SMILES string of the molecule is COCCNS(=O)(=O)c1c(C)c(C)cc2c(C)c(C(=O)N3CCCCCC3)oc12. The Labute approximate surface area is 172 Å². The first-order valence-corrected chi connectivity index (χ1v) is 11.6. The average molecular weight is 423 g/mol. The van der Waals surface area contributed by atoms with Gasteiger partial charge in [-0.15, -0.1) is 0 Å². The summed E-state index contributed by atoms with van der Waals surface area (Å²) in [6.45, 7) is 7.28. The molecule has 29 heavy (non-hydrogen) atoms. The largest absolute Gasteiger partial charge is 0.449 e. The molecule has 0 spiro atoms. The van der Waals surface area contributed by atoms with E-state index in [4.69, 9.17) is 9.15 Å². The van der Waals surface area contributed by atoms with Crippen LogP contribution < -0.4 is 4.72 Å². The maximum Gasteiger partial charge on any atom is 0.289 e. The number of methoxy groups -OCH3 is 1. The van der Waals surface area contributed by atoms with Crippen molar-refractivity contribution in [2.75, 3.05) is 33.4 Å². The molecule has 1 aromatic heterocycles. The maximum atomic E-state index is 13.1. The van der Waals surface area contributed by atoms with Gasteiger partial charge in [-0.2, -0.15) is 0 Å². The minimum absolute atomic E-state index is 0.0987. The Morgan fingerprint density at radius 1 is 1.14 bits per heavy atom. The van der Waals surface area contributed by atoms with Gasteiger partial charge in [0.15, 0.2) is 11.3 Å². The maximum absolute atomic E-state index is 13.1. The second-order valence-electron chi connectivity index (χ2n) is 7.68. The predicted octanol–water partition coefficient (Wildman–Crippen LogP) is 3.30. The Bertz CT molecular complexity index is 1000. The zero-order valence-corrected chi connectivity index (χ0v) is 18.4. The number of hydrogen-bond acceptors (Lipinski definition) is 5. The van der Waals surface area contributed by atoms with Crippen LogP contribution in [0.4, 0.5) is 0 Å². The zero-order valence-electron chi connectivity index (χ0n) is 17.6. The third-order valence-electron chi connectivity index (χ3n) is 5.65. The molecule has 8 heteroatoms. The number of hydrogen-bond donors (Lipinski definition) is 1. The zero-order chi connectivity index (χ0) is 21.2. The first-order valence-electron chi connectivity index (χ1n) is 10.1. The van der Waals surface area contributed by atoms with Crippen LogP contribution in [0.15, 0.2) is 15.4 Å². The number of nitrogens with one attached hydrogen (secondary N) is 1. The molecule has 1 amide bonds. The Morgan fingerprint density at radius 2 is 1.79 bits per heavy atom. The molecule has 0 saturated carbocycles. The number of benzene rings is 1. The van der Waals surface area contributed by atoms with Crippen LogP contribution in [0.2, 0.25) is 0 Å². The summed E-state index contributed by atoms with van der Waals surface area (Å²) in [5, 5.41) is 0.665. The fourth-order valence-corrected chi connectivity index (χ4v) is 5.29. The molecule has 2 heterocycles. The summed E-state index contributed by atoms with van der Waals surface area (Å²) in [4.78, 5) is 15.1. The first kappa shape index (κ1) is 21.8. The van der Waals surface area contributed by atoms with E-state index >= 15 is 0 Å².